The van der Waals surface area contributed by atoms with Gasteiger partial charge in [0, 0.05) is 21.8 Å². The summed E-state index contributed by atoms with van der Waals surface area (Å²) in [7, 11) is -3.90. The Morgan fingerprint density at radius 2 is 1.81 bits per heavy atom. The van der Waals surface area contributed by atoms with Gasteiger partial charge in [-0.1, -0.05) is 35.3 Å². The molecule has 0 spiro atoms. The highest BCUT2D eigenvalue weighted by atomic mass is 35.5. The van der Waals surface area contributed by atoms with E-state index < -0.39 is 10.0 Å². The molecule has 0 saturated carbocycles. The smallest absolute Gasteiger partial charge is 0.264 e. The predicted octanol–water partition coefficient (Wildman–Crippen LogP) is 3.58. The van der Waals surface area contributed by atoms with Gasteiger partial charge in [-0.05, 0) is 34.6 Å². The van der Waals surface area contributed by atoms with Crippen molar-refractivity contribution in [1.82, 2.24) is 20.1 Å². The summed E-state index contributed by atoms with van der Waals surface area (Å²) in [5, 5.41) is 12.5. The van der Waals surface area contributed by atoms with Crippen LogP contribution in [0, 0.1) is 0 Å². The van der Waals surface area contributed by atoms with E-state index in [9.17, 15) is 8.42 Å². The Hall–Kier alpha value is -2.62. The molecule has 0 aliphatic carbocycles. The highest BCUT2D eigenvalue weighted by Gasteiger charge is 2.21. The molecule has 0 atom stereocenters. The van der Waals surface area contributed by atoms with Crippen molar-refractivity contribution in [3.8, 4) is 0 Å². The lowest BCUT2D eigenvalue weighted by molar-refractivity contribution is 0.315. The number of hydrogen-bond acceptors (Lipinski definition) is 6. The molecule has 0 bridgehead atoms. The zero-order valence-electron chi connectivity index (χ0n) is 13.5. The van der Waals surface area contributed by atoms with E-state index in [1.165, 1.54) is 16.9 Å². The topological polar surface area (TPSA) is 103 Å². The van der Waals surface area contributed by atoms with Gasteiger partial charge in [0.2, 0.25) is 0 Å². The molecule has 4 rings (SSSR count). The molecule has 0 aliphatic heterocycles. The second kappa shape index (κ2) is 6.84. The fraction of sp³-hybridized carbons (Fsp3) is 0.0625. The van der Waals surface area contributed by atoms with Crippen molar-refractivity contribution in [3.63, 3.8) is 0 Å². The Bertz CT molecular complexity index is 1220. The molecular formula is C16H11Cl2N5O3S. The molecule has 27 heavy (non-hydrogen) atoms. The number of benzene rings is 2. The van der Waals surface area contributed by atoms with Gasteiger partial charge in [-0.15, -0.1) is 0 Å². The number of nitrogens with one attached hydrogen (secondary N) is 1. The van der Waals surface area contributed by atoms with Crippen molar-refractivity contribution in [1.29, 1.82) is 0 Å². The first-order chi connectivity index (χ1) is 12.9. The average Bonchev–Trinajstić information content (AvgIpc) is 3.26. The van der Waals surface area contributed by atoms with Gasteiger partial charge in [-0.25, -0.2) is 13.0 Å². The van der Waals surface area contributed by atoms with E-state index >= 15 is 0 Å². The zero-order chi connectivity index (χ0) is 19.0. The number of rotatable bonds is 5. The average molecular weight is 424 g/mol. The normalized spacial score (nSPS) is 11.8. The van der Waals surface area contributed by atoms with Crippen LogP contribution in [0.1, 0.15) is 5.56 Å². The molecule has 1 N–H and O–H groups in total. The van der Waals surface area contributed by atoms with Crippen LogP contribution >= 0.6 is 23.2 Å². The van der Waals surface area contributed by atoms with E-state index in [1.54, 1.807) is 36.5 Å². The first kappa shape index (κ1) is 17.8. The lowest BCUT2D eigenvalue weighted by Crippen LogP contribution is -2.13. The second-order valence-corrected chi connectivity index (χ2v) is 8.09. The van der Waals surface area contributed by atoms with Crippen LogP contribution in [0.2, 0.25) is 10.0 Å². The summed E-state index contributed by atoms with van der Waals surface area (Å²) in [5.74, 6) is 0. The summed E-state index contributed by atoms with van der Waals surface area (Å²) in [6, 6.07) is 9.78. The van der Waals surface area contributed by atoms with Crippen molar-refractivity contribution >= 4 is 49.9 Å². The quantitative estimate of drug-likeness (QED) is 0.526. The van der Waals surface area contributed by atoms with E-state index in [0.717, 1.165) is 0 Å². The molecule has 4 aromatic rings. The van der Waals surface area contributed by atoms with Gasteiger partial charge in [-0.2, -0.15) is 5.10 Å². The van der Waals surface area contributed by atoms with E-state index in [-0.39, 0.29) is 16.1 Å². The van der Waals surface area contributed by atoms with Crippen LogP contribution < -0.4 is 4.72 Å². The van der Waals surface area contributed by atoms with Crippen molar-refractivity contribution in [2.75, 3.05) is 4.72 Å². The predicted molar refractivity (Wildman–Crippen MR) is 100 cm³/mol. The van der Waals surface area contributed by atoms with Gasteiger partial charge in [0.15, 0.2) is 5.52 Å². The Balaban J connectivity index is 1.60. The summed E-state index contributed by atoms with van der Waals surface area (Å²) in [5.41, 5.74) is 1.48. The van der Waals surface area contributed by atoms with Gasteiger partial charge >= 0.3 is 0 Å². The molecule has 0 fully saturated rings. The lowest BCUT2D eigenvalue weighted by atomic mass is 10.2. The van der Waals surface area contributed by atoms with Crippen molar-refractivity contribution in [3.05, 3.63) is 64.4 Å². The number of aromatic nitrogens is 4. The molecule has 0 saturated heterocycles. The third kappa shape index (κ3) is 3.48. The summed E-state index contributed by atoms with van der Waals surface area (Å²) in [4.78, 5) is -0.0388. The highest BCUT2D eigenvalue weighted by molar-refractivity contribution is 7.93. The molecule has 0 radical (unpaired) electrons. The molecule has 2 aromatic heterocycles. The number of fused-ring (bicyclic) bond motifs is 1. The van der Waals surface area contributed by atoms with Crippen LogP contribution in [-0.4, -0.2) is 28.5 Å². The number of anilines is 1. The van der Waals surface area contributed by atoms with E-state index in [0.29, 0.717) is 27.7 Å². The van der Waals surface area contributed by atoms with E-state index in [4.69, 9.17) is 23.2 Å². The van der Waals surface area contributed by atoms with Crippen molar-refractivity contribution in [2.45, 2.75) is 11.4 Å². The van der Waals surface area contributed by atoms with Crippen LogP contribution in [0.5, 0.6) is 0 Å². The van der Waals surface area contributed by atoms with Gasteiger partial charge in [0.05, 0.1) is 18.4 Å². The molecule has 2 aromatic carbocycles. The van der Waals surface area contributed by atoms with Gasteiger partial charge in [0.1, 0.15) is 10.4 Å². The maximum Gasteiger partial charge on any atom is 0.264 e. The lowest BCUT2D eigenvalue weighted by Gasteiger charge is -2.07. The van der Waals surface area contributed by atoms with Crippen LogP contribution in [0.25, 0.3) is 11.0 Å². The monoisotopic (exact) mass is 423 g/mol. The van der Waals surface area contributed by atoms with Crippen LogP contribution in [-0.2, 0) is 16.6 Å². The third-order valence-electron chi connectivity index (χ3n) is 3.81. The molecule has 8 nitrogen and oxygen atoms in total. The number of halogens is 2. The first-order valence-corrected chi connectivity index (χ1v) is 9.87. The highest BCUT2D eigenvalue weighted by Crippen LogP contribution is 2.26. The Morgan fingerprint density at radius 1 is 1.07 bits per heavy atom. The maximum atomic E-state index is 12.7. The molecule has 0 unspecified atom stereocenters. The maximum absolute atomic E-state index is 12.7. The minimum absolute atomic E-state index is 0.0388. The second-order valence-electron chi connectivity index (χ2n) is 5.62. The zero-order valence-corrected chi connectivity index (χ0v) is 15.8. The minimum atomic E-state index is -3.90. The molecule has 0 amide bonds. The number of nitrogens with zero attached hydrogens (tertiary/aromatic N) is 4. The largest absolute Gasteiger partial charge is 0.276 e. The Labute approximate surface area is 163 Å². The first-order valence-electron chi connectivity index (χ1n) is 7.63. The molecule has 138 valence electrons. The summed E-state index contributed by atoms with van der Waals surface area (Å²) in [6.45, 7) is 0.295. The summed E-state index contributed by atoms with van der Waals surface area (Å²) in [6.07, 6.45) is 2.93. The van der Waals surface area contributed by atoms with Crippen LogP contribution in [0.15, 0.2) is 58.3 Å². The molecule has 0 aliphatic rings. The Morgan fingerprint density at radius 3 is 2.59 bits per heavy atom. The number of sulfonamides is 1. The Kier molecular flexibility index (Phi) is 4.50. The standard InChI is InChI=1S/C16H11Cl2N5O3S/c17-12-3-1-4-13(18)11(12)9-23-8-10(7-19-23)22-27(24,25)15-6-2-5-14-16(15)21-26-20-14/h1-8,22H,9H2. The van der Waals surface area contributed by atoms with Gasteiger partial charge in [-0.3, -0.25) is 9.40 Å². The van der Waals surface area contributed by atoms with Crippen molar-refractivity contribution in [2.24, 2.45) is 0 Å². The summed E-state index contributed by atoms with van der Waals surface area (Å²) >= 11 is 12.3. The fourth-order valence-electron chi connectivity index (χ4n) is 2.56. The van der Waals surface area contributed by atoms with Crippen LogP contribution in [0.3, 0.4) is 0 Å². The van der Waals surface area contributed by atoms with Gasteiger partial charge in [0.25, 0.3) is 10.0 Å². The van der Waals surface area contributed by atoms with Gasteiger partial charge < -0.3 is 0 Å². The molecule has 11 heteroatoms. The van der Waals surface area contributed by atoms with Crippen LogP contribution in [0.4, 0.5) is 5.69 Å². The number of hydrogen-bond donors (Lipinski definition) is 1. The minimum Gasteiger partial charge on any atom is -0.276 e. The van der Waals surface area contributed by atoms with Crippen molar-refractivity contribution < 1.29 is 13.0 Å². The van der Waals surface area contributed by atoms with E-state index in [2.05, 4.69) is 24.8 Å². The fourth-order valence-corrected chi connectivity index (χ4v) is 4.25. The molecule has 2 heterocycles. The SMILES string of the molecule is O=S(=O)(Nc1cnn(Cc2c(Cl)cccc2Cl)c1)c1cccc2nonc12. The molecular weight excluding hydrogens is 413 g/mol. The summed E-state index contributed by atoms with van der Waals surface area (Å²) < 4.78 is 34.0. The van der Waals surface area contributed by atoms with E-state index in [1.807, 2.05) is 0 Å². The third-order valence-corrected chi connectivity index (χ3v) is 5.93.